The Morgan fingerprint density at radius 1 is 1.12 bits per heavy atom. The van der Waals surface area contributed by atoms with E-state index in [-0.39, 0.29) is 28.5 Å². The Labute approximate surface area is 203 Å². The molecule has 1 aliphatic carbocycles. The van der Waals surface area contributed by atoms with Crippen molar-refractivity contribution in [2.75, 3.05) is 6.54 Å². The number of carbonyl (C=O) groups excluding carboxylic acids is 1. The summed E-state index contributed by atoms with van der Waals surface area (Å²) in [6, 6.07) is 15.4. The molecule has 2 aromatic carbocycles. The summed E-state index contributed by atoms with van der Waals surface area (Å²) in [7, 11) is 0. The number of fused-ring (bicyclic) bond motifs is 2. The number of amides is 1. The highest BCUT2D eigenvalue weighted by atomic mass is 35.5. The molecule has 3 aromatic rings. The number of aromatic nitrogens is 2. The summed E-state index contributed by atoms with van der Waals surface area (Å²) < 4.78 is 1.61. The quantitative estimate of drug-likeness (QED) is 0.333. The molecule has 2 unspecified atom stereocenters. The van der Waals surface area contributed by atoms with Crippen molar-refractivity contribution in [1.29, 1.82) is 0 Å². The molecule has 1 saturated heterocycles. The fourth-order valence-corrected chi connectivity index (χ4v) is 6.30. The van der Waals surface area contributed by atoms with Gasteiger partial charge in [0.15, 0.2) is 0 Å². The lowest BCUT2D eigenvalue weighted by molar-refractivity contribution is -0.384. The third-order valence-electron chi connectivity index (χ3n) is 7.06. The summed E-state index contributed by atoms with van der Waals surface area (Å²) in [6.45, 7) is 7.57. The summed E-state index contributed by atoms with van der Waals surface area (Å²) >= 11 is 6.49. The van der Waals surface area contributed by atoms with E-state index in [1.807, 2.05) is 23.1 Å². The Morgan fingerprint density at radius 2 is 1.82 bits per heavy atom. The monoisotopic (exact) mass is 478 g/mol. The Bertz CT molecular complexity index is 1280. The standard InChI is InChI=1S/C26H27ClN4O3/c1-25(2)13-19-14-26(3,15-25)16-29(19)24(32)23-12-21(17-8-10-18(11-9-17)31(33)34)28-30(23)22-7-5-4-6-20(22)27/h4-12,19H,13-16H2,1-3H3. The van der Waals surface area contributed by atoms with Crippen LogP contribution in [0.15, 0.2) is 54.6 Å². The Kier molecular flexibility index (Phi) is 5.28. The predicted molar refractivity (Wildman–Crippen MR) is 131 cm³/mol. The van der Waals surface area contributed by atoms with Crippen LogP contribution < -0.4 is 0 Å². The highest BCUT2D eigenvalue weighted by Gasteiger charge is 2.51. The molecule has 34 heavy (non-hydrogen) atoms. The van der Waals surface area contributed by atoms with Gasteiger partial charge in [0, 0.05) is 30.3 Å². The highest BCUT2D eigenvalue weighted by Crippen LogP contribution is 2.52. The normalized spacial score (nSPS) is 23.2. The molecular formula is C26H27ClN4O3. The smallest absolute Gasteiger partial charge is 0.272 e. The molecule has 1 aliphatic heterocycles. The van der Waals surface area contributed by atoms with Crippen LogP contribution in [0.1, 0.15) is 50.5 Å². The van der Waals surface area contributed by atoms with Gasteiger partial charge in [-0.3, -0.25) is 14.9 Å². The predicted octanol–water partition coefficient (Wildman–Crippen LogP) is 6.14. The number of hydrogen-bond donors (Lipinski definition) is 0. The summed E-state index contributed by atoms with van der Waals surface area (Å²) in [4.78, 5) is 26.6. The Morgan fingerprint density at radius 3 is 2.50 bits per heavy atom. The molecule has 2 aliphatic rings. The van der Waals surface area contributed by atoms with Gasteiger partial charge in [-0.15, -0.1) is 0 Å². The molecule has 8 heteroatoms. The largest absolute Gasteiger partial charge is 0.334 e. The molecule has 2 fully saturated rings. The van der Waals surface area contributed by atoms with Crippen LogP contribution in [0, 0.1) is 20.9 Å². The van der Waals surface area contributed by atoms with E-state index in [9.17, 15) is 14.9 Å². The van der Waals surface area contributed by atoms with Crippen molar-refractivity contribution in [2.45, 2.75) is 46.1 Å². The van der Waals surface area contributed by atoms with Crippen molar-refractivity contribution in [1.82, 2.24) is 14.7 Å². The summed E-state index contributed by atoms with van der Waals surface area (Å²) in [6.07, 6.45) is 3.08. The van der Waals surface area contributed by atoms with Gasteiger partial charge in [-0.05, 0) is 60.4 Å². The second kappa shape index (κ2) is 7.94. The van der Waals surface area contributed by atoms with Crippen LogP contribution >= 0.6 is 11.6 Å². The minimum absolute atomic E-state index is 0.00536. The van der Waals surface area contributed by atoms with Crippen molar-refractivity contribution in [3.05, 3.63) is 75.4 Å². The number of para-hydroxylation sites is 1. The number of rotatable bonds is 4. The second-order valence-corrected chi connectivity index (χ2v) is 11.1. The van der Waals surface area contributed by atoms with Crippen molar-refractivity contribution in [3.8, 4) is 16.9 Å². The molecule has 0 spiro atoms. The van der Waals surface area contributed by atoms with E-state index < -0.39 is 4.92 Å². The lowest BCUT2D eigenvalue weighted by atomic mass is 9.65. The topological polar surface area (TPSA) is 81.3 Å². The highest BCUT2D eigenvalue weighted by molar-refractivity contribution is 6.32. The van der Waals surface area contributed by atoms with Crippen LogP contribution in [-0.2, 0) is 0 Å². The van der Waals surface area contributed by atoms with Gasteiger partial charge < -0.3 is 4.90 Å². The number of benzene rings is 2. The lowest BCUT2D eigenvalue weighted by Crippen LogP contribution is -2.38. The third kappa shape index (κ3) is 3.98. The average molecular weight is 479 g/mol. The van der Waals surface area contributed by atoms with Crippen LogP contribution in [0.4, 0.5) is 5.69 Å². The van der Waals surface area contributed by atoms with Crippen LogP contribution in [0.2, 0.25) is 5.02 Å². The Hall–Kier alpha value is -3.19. The number of halogens is 1. The molecule has 1 amide bonds. The second-order valence-electron chi connectivity index (χ2n) is 10.7. The van der Waals surface area contributed by atoms with Crippen molar-refractivity contribution >= 4 is 23.2 Å². The molecule has 5 rings (SSSR count). The maximum atomic E-state index is 14.0. The van der Waals surface area contributed by atoms with Gasteiger partial charge in [0.25, 0.3) is 11.6 Å². The van der Waals surface area contributed by atoms with E-state index in [1.54, 1.807) is 28.9 Å². The van der Waals surface area contributed by atoms with Crippen molar-refractivity contribution in [3.63, 3.8) is 0 Å². The summed E-state index contributed by atoms with van der Waals surface area (Å²) in [5.74, 6) is -0.0630. The summed E-state index contributed by atoms with van der Waals surface area (Å²) in [5, 5.41) is 16.3. The van der Waals surface area contributed by atoms with E-state index in [0.717, 1.165) is 25.8 Å². The molecule has 2 heterocycles. The van der Waals surface area contributed by atoms with Gasteiger partial charge in [-0.2, -0.15) is 5.10 Å². The zero-order valence-electron chi connectivity index (χ0n) is 19.5. The maximum Gasteiger partial charge on any atom is 0.272 e. The number of nitrogens with zero attached hydrogens (tertiary/aromatic N) is 4. The van der Waals surface area contributed by atoms with Crippen LogP contribution in [-0.4, -0.2) is 38.1 Å². The van der Waals surface area contributed by atoms with Gasteiger partial charge in [0.2, 0.25) is 0 Å². The number of nitro benzene ring substituents is 1. The first-order valence-corrected chi connectivity index (χ1v) is 11.8. The van der Waals surface area contributed by atoms with Gasteiger partial charge in [-0.25, -0.2) is 4.68 Å². The fraction of sp³-hybridized carbons (Fsp3) is 0.385. The molecular weight excluding hydrogens is 452 g/mol. The van der Waals surface area contributed by atoms with Gasteiger partial charge >= 0.3 is 0 Å². The van der Waals surface area contributed by atoms with E-state index in [1.165, 1.54) is 12.1 Å². The number of nitro groups is 1. The molecule has 0 radical (unpaired) electrons. The van der Waals surface area contributed by atoms with Crippen LogP contribution in [0.3, 0.4) is 0 Å². The molecule has 2 bridgehead atoms. The molecule has 1 aromatic heterocycles. The van der Waals surface area contributed by atoms with E-state index in [2.05, 4.69) is 20.8 Å². The van der Waals surface area contributed by atoms with E-state index in [4.69, 9.17) is 16.7 Å². The van der Waals surface area contributed by atoms with Crippen molar-refractivity contribution < 1.29 is 9.72 Å². The number of hydrogen-bond acceptors (Lipinski definition) is 4. The molecule has 7 nitrogen and oxygen atoms in total. The molecule has 2 atom stereocenters. The van der Waals surface area contributed by atoms with Gasteiger partial charge in [0.1, 0.15) is 5.69 Å². The van der Waals surface area contributed by atoms with Gasteiger partial charge in [0.05, 0.1) is 21.3 Å². The lowest BCUT2D eigenvalue weighted by Gasteiger charge is -2.39. The third-order valence-corrected chi connectivity index (χ3v) is 7.38. The van der Waals surface area contributed by atoms with Crippen molar-refractivity contribution in [2.24, 2.45) is 10.8 Å². The van der Waals surface area contributed by atoms with Crippen LogP contribution in [0.5, 0.6) is 0 Å². The maximum absolute atomic E-state index is 14.0. The number of carbonyl (C=O) groups is 1. The first-order chi connectivity index (χ1) is 16.1. The Balaban J connectivity index is 1.58. The fourth-order valence-electron chi connectivity index (χ4n) is 6.08. The van der Waals surface area contributed by atoms with E-state index >= 15 is 0 Å². The SMILES string of the molecule is CC1(C)CC2CC(C)(CN2C(=O)c2cc(-c3ccc([N+](=O)[O-])cc3)nn2-c2ccccc2Cl)C1. The van der Waals surface area contributed by atoms with Crippen LogP contribution in [0.25, 0.3) is 16.9 Å². The minimum atomic E-state index is -0.436. The minimum Gasteiger partial charge on any atom is -0.334 e. The number of non-ortho nitro benzene ring substituents is 1. The molecule has 176 valence electrons. The zero-order valence-corrected chi connectivity index (χ0v) is 20.2. The molecule has 0 N–H and O–H groups in total. The summed E-state index contributed by atoms with van der Waals surface area (Å²) in [5.41, 5.74) is 2.62. The first-order valence-electron chi connectivity index (χ1n) is 11.5. The molecule has 1 saturated carbocycles. The first kappa shape index (κ1) is 22.6. The van der Waals surface area contributed by atoms with E-state index in [0.29, 0.717) is 27.7 Å². The van der Waals surface area contributed by atoms with Gasteiger partial charge in [-0.1, -0.05) is 44.5 Å². The number of likely N-dealkylation sites (tertiary alicyclic amines) is 1. The average Bonchev–Trinajstić information content (AvgIpc) is 3.31. The zero-order chi connectivity index (χ0) is 24.3.